The number of halogens is 1. The molecule has 6 heteroatoms. The fourth-order valence-corrected chi connectivity index (χ4v) is 1.48. The molecule has 0 fully saturated rings. The molecule has 5 nitrogen and oxygen atoms in total. The van der Waals surface area contributed by atoms with E-state index in [1.54, 1.807) is 6.20 Å². The summed E-state index contributed by atoms with van der Waals surface area (Å²) in [5.74, 6) is -0.158. The van der Waals surface area contributed by atoms with Crippen LogP contribution >= 0.6 is 15.9 Å². The predicted octanol–water partition coefficient (Wildman–Crippen LogP) is 1.72. The number of nitrogens with zero attached hydrogens (tertiary/aromatic N) is 1. The van der Waals surface area contributed by atoms with Gasteiger partial charge in [-0.05, 0) is 36.2 Å². The van der Waals surface area contributed by atoms with Gasteiger partial charge in [0.15, 0.2) is 0 Å². The van der Waals surface area contributed by atoms with E-state index in [1.165, 1.54) is 0 Å². The number of hydrogen-bond acceptors (Lipinski definition) is 3. The van der Waals surface area contributed by atoms with Crippen LogP contribution in [0, 0.1) is 0 Å². The quantitative estimate of drug-likeness (QED) is 0.784. The topological polar surface area (TPSA) is 67.0 Å². The maximum Gasteiger partial charge on any atom is 0.270 e. The van der Waals surface area contributed by atoms with E-state index in [0.29, 0.717) is 23.3 Å². The maximum atomic E-state index is 11.6. The van der Waals surface area contributed by atoms with Gasteiger partial charge in [0.1, 0.15) is 5.69 Å². The summed E-state index contributed by atoms with van der Waals surface area (Å²) >= 11 is 3.23. The van der Waals surface area contributed by atoms with Crippen LogP contribution in [0.4, 0.5) is 0 Å². The van der Waals surface area contributed by atoms with Crippen molar-refractivity contribution in [2.75, 3.05) is 13.2 Å². The van der Waals surface area contributed by atoms with Gasteiger partial charge in [-0.25, -0.2) is 0 Å². The van der Waals surface area contributed by atoms with E-state index in [0.717, 1.165) is 6.42 Å². The minimum Gasteiger partial charge on any atom is -0.379 e. The zero-order valence-electron chi connectivity index (χ0n) is 9.42. The number of aromatic nitrogens is 2. The molecule has 1 amide bonds. The molecule has 0 bridgehead atoms. The molecule has 0 aliphatic carbocycles. The van der Waals surface area contributed by atoms with E-state index in [-0.39, 0.29) is 12.0 Å². The molecule has 2 N–H and O–H groups in total. The smallest absolute Gasteiger partial charge is 0.270 e. The fraction of sp³-hybridized carbons (Fsp3) is 0.600. The van der Waals surface area contributed by atoms with Crippen molar-refractivity contribution in [3.8, 4) is 0 Å². The van der Waals surface area contributed by atoms with Crippen LogP contribution in [-0.2, 0) is 4.74 Å². The Balaban J connectivity index is 2.19. The van der Waals surface area contributed by atoms with E-state index in [4.69, 9.17) is 4.74 Å². The highest BCUT2D eigenvalue weighted by Gasteiger charge is 2.10. The number of aromatic amines is 1. The average molecular weight is 290 g/mol. The van der Waals surface area contributed by atoms with Gasteiger partial charge in [0, 0.05) is 13.2 Å². The molecule has 1 rings (SSSR count). The molecule has 0 saturated heterocycles. The van der Waals surface area contributed by atoms with Crippen molar-refractivity contribution < 1.29 is 9.53 Å². The van der Waals surface area contributed by atoms with Crippen LogP contribution in [0.3, 0.4) is 0 Å². The first-order valence-corrected chi connectivity index (χ1v) is 5.99. The van der Waals surface area contributed by atoms with E-state index in [9.17, 15) is 4.79 Å². The van der Waals surface area contributed by atoms with Crippen molar-refractivity contribution in [2.24, 2.45) is 0 Å². The largest absolute Gasteiger partial charge is 0.379 e. The number of carbonyl (C=O) groups excluding carboxylic acids is 1. The Kier molecular flexibility index (Phi) is 5.48. The second-order valence-electron chi connectivity index (χ2n) is 3.62. The minimum atomic E-state index is -0.158. The van der Waals surface area contributed by atoms with Crippen LogP contribution in [0.2, 0.25) is 0 Å². The molecule has 0 aliphatic heterocycles. The monoisotopic (exact) mass is 289 g/mol. The van der Waals surface area contributed by atoms with E-state index in [2.05, 4.69) is 31.4 Å². The lowest BCUT2D eigenvalue weighted by atomic mass is 10.4. The molecule has 90 valence electrons. The molecular weight excluding hydrogens is 274 g/mol. The SMILES string of the molecule is CC(C)OCCCNC(=O)c1[nH]ncc1Br. The van der Waals surface area contributed by atoms with Crippen molar-refractivity contribution in [1.82, 2.24) is 15.5 Å². The number of carbonyl (C=O) groups is 1. The third kappa shape index (κ3) is 4.32. The predicted molar refractivity (Wildman–Crippen MR) is 64.3 cm³/mol. The zero-order valence-corrected chi connectivity index (χ0v) is 11.0. The van der Waals surface area contributed by atoms with Crippen LogP contribution in [0.15, 0.2) is 10.7 Å². The molecule has 1 aromatic rings. The summed E-state index contributed by atoms with van der Waals surface area (Å²) in [7, 11) is 0. The number of nitrogens with one attached hydrogen (secondary N) is 2. The van der Waals surface area contributed by atoms with Gasteiger partial charge in [-0.2, -0.15) is 5.10 Å². The molecule has 1 aromatic heterocycles. The number of amides is 1. The molecule has 0 aliphatic rings. The van der Waals surface area contributed by atoms with E-state index in [1.807, 2.05) is 13.8 Å². The summed E-state index contributed by atoms with van der Waals surface area (Å²) in [6.45, 7) is 5.22. The van der Waals surface area contributed by atoms with Gasteiger partial charge >= 0.3 is 0 Å². The van der Waals surface area contributed by atoms with Gasteiger partial charge in [-0.3, -0.25) is 9.89 Å². The second kappa shape index (κ2) is 6.65. The molecule has 16 heavy (non-hydrogen) atoms. The molecular formula is C10H16BrN3O2. The molecule has 0 radical (unpaired) electrons. The van der Waals surface area contributed by atoms with Crippen molar-refractivity contribution in [1.29, 1.82) is 0 Å². The molecule has 0 saturated carbocycles. The minimum absolute atomic E-state index is 0.158. The van der Waals surface area contributed by atoms with Crippen LogP contribution in [-0.4, -0.2) is 35.4 Å². The highest BCUT2D eigenvalue weighted by atomic mass is 79.9. The Morgan fingerprint density at radius 3 is 3.00 bits per heavy atom. The van der Waals surface area contributed by atoms with Crippen molar-refractivity contribution in [3.05, 3.63) is 16.4 Å². The lowest BCUT2D eigenvalue weighted by molar-refractivity contribution is 0.0756. The first-order chi connectivity index (χ1) is 7.61. The molecule has 0 spiro atoms. The normalized spacial score (nSPS) is 10.8. The average Bonchev–Trinajstić information content (AvgIpc) is 2.63. The van der Waals surface area contributed by atoms with Crippen LogP contribution in [0.1, 0.15) is 30.8 Å². The van der Waals surface area contributed by atoms with Crippen molar-refractivity contribution >= 4 is 21.8 Å². The summed E-state index contributed by atoms with van der Waals surface area (Å²) in [4.78, 5) is 11.6. The first kappa shape index (κ1) is 13.2. The number of rotatable bonds is 6. The molecule has 0 aromatic carbocycles. The standard InChI is InChI=1S/C10H16BrN3O2/c1-7(2)16-5-3-4-12-10(15)9-8(11)6-13-14-9/h6-7H,3-5H2,1-2H3,(H,12,15)(H,13,14). The summed E-state index contributed by atoms with van der Waals surface area (Å²) in [6.07, 6.45) is 2.59. The molecule has 0 unspecified atom stereocenters. The van der Waals surface area contributed by atoms with Gasteiger partial charge in [0.25, 0.3) is 5.91 Å². The second-order valence-corrected chi connectivity index (χ2v) is 4.48. The van der Waals surface area contributed by atoms with Crippen molar-refractivity contribution in [3.63, 3.8) is 0 Å². The van der Waals surface area contributed by atoms with Crippen molar-refractivity contribution in [2.45, 2.75) is 26.4 Å². The highest BCUT2D eigenvalue weighted by Crippen LogP contribution is 2.11. The van der Waals surface area contributed by atoms with E-state index >= 15 is 0 Å². The Bertz CT molecular complexity index is 339. The third-order valence-electron chi connectivity index (χ3n) is 1.88. The lowest BCUT2D eigenvalue weighted by Crippen LogP contribution is -2.26. The molecule has 1 heterocycles. The lowest BCUT2D eigenvalue weighted by Gasteiger charge is -2.07. The van der Waals surface area contributed by atoms with Gasteiger partial charge in [0.05, 0.1) is 16.8 Å². The van der Waals surface area contributed by atoms with Crippen LogP contribution < -0.4 is 5.32 Å². The third-order valence-corrected chi connectivity index (χ3v) is 2.48. The van der Waals surface area contributed by atoms with Gasteiger partial charge in [0.2, 0.25) is 0 Å². The zero-order chi connectivity index (χ0) is 12.0. The Hall–Kier alpha value is -0.880. The Morgan fingerprint density at radius 2 is 2.44 bits per heavy atom. The number of H-pyrrole nitrogens is 1. The Morgan fingerprint density at radius 1 is 1.69 bits per heavy atom. The number of ether oxygens (including phenoxy) is 1. The van der Waals surface area contributed by atoms with Gasteiger partial charge in [-0.1, -0.05) is 0 Å². The van der Waals surface area contributed by atoms with Crippen LogP contribution in [0.5, 0.6) is 0 Å². The molecule has 0 atom stereocenters. The van der Waals surface area contributed by atoms with E-state index < -0.39 is 0 Å². The van der Waals surface area contributed by atoms with Crippen LogP contribution in [0.25, 0.3) is 0 Å². The number of hydrogen-bond donors (Lipinski definition) is 2. The summed E-state index contributed by atoms with van der Waals surface area (Å²) in [6, 6.07) is 0. The maximum absolute atomic E-state index is 11.6. The summed E-state index contributed by atoms with van der Waals surface area (Å²) in [5.41, 5.74) is 0.449. The summed E-state index contributed by atoms with van der Waals surface area (Å²) in [5, 5.41) is 9.16. The fourth-order valence-electron chi connectivity index (χ4n) is 1.11. The first-order valence-electron chi connectivity index (χ1n) is 5.20. The van der Waals surface area contributed by atoms with Gasteiger partial charge in [-0.15, -0.1) is 0 Å². The van der Waals surface area contributed by atoms with Gasteiger partial charge < -0.3 is 10.1 Å². The highest BCUT2D eigenvalue weighted by molar-refractivity contribution is 9.10. The summed E-state index contributed by atoms with van der Waals surface area (Å²) < 4.78 is 6.03. The Labute approximate surface area is 103 Å².